The number of nitrogens with one attached hydrogen (secondary N) is 1. The molecule has 1 N–H and O–H groups in total. The summed E-state index contributed by atoms with van der Waals surface area (Å²) in [5.74, 6) is 0.0606. The van der Waals surface area contributed by atoms with E-state index in [1.807, 2.05) is 37.3 Å². The van der Waals surface area contributed by atoms with Crippen molar-refractivity contribution in [3.8, 4) is 5.88 Å². The molecule has 3 rings (SSSR count). The fraction of sp³-hybridized carbons (Fsp3) is 0.118. The molecule has 0 aliphatic carbocycles. The van der Waals surface area contributed by atoms with E-state index in [1.54, 1.807) is 24.5 Å². The Bertz CT molecular complexity index is 812. The summed E-state index contributed by atoms with van der Waals surface area (Å²) >= 11 is 0. The minimum absolute atomic E-state index is 0.269. The standard InChI is InChI=1S/C17H15N3O2/c1-2-22-17-13(8-5-11-19-17)16(21)20-14-9-3-6-12-7-4-10-18-15(12)14/h3-11H,2H2,1H3,(H,20,21). The van der Waals surface area contributed by atoms with Crippen LogP contribution in [-0.4, -0.2) is 22.5 Å². The largest absolute Gasteiger partial charge is 0.477 e. The molecule has 1 aromatic carbocycles. The number of anilines is 1. The zero-order valence-corrected chi connectivity index (χ0v) is 12.1. The number of carbonyl (C=O) groups is 1. The van der Waals surface area contributed by atoms with Crippen molar-refractivity contribution in [2.75, 3.05) is 11.9 Å². The Balaban J connectivity index is 1.94. The second kappa shape index (κ2) is 6.22. The number of hydrogen-bond acceptors (Lipinski definition) is 4. The van der Waals surface area contributed by atoms with Crippen molar-refractivity contribution in [3.05, 3.63) is 60.4 Å². The zero-order valence-electron chi connectivity index (χ0n) is 12.1. The lowest BCUT2D eigenvalue weighted by molar-refractivity contribution is 0.102. The third-order valence-corrected chi connectivity index (χ3v) is 3.18. The topological polar surface area (TPSA) is 64.1 Å². The molecule has 2 heterocycles. The number of pyridine rings is 2. The van der Waals surface area contributed by atoms with E-state index in [4.69, 9.17) is 4.74 Å². The van der Waals surface area contributed by atoms with Crippen LogP contribution in [0.3, 0.4) is 0 Å². The highest BCUT2D eigenvalue weighted by molar-refractivity contribution is 6.09. The molecule has 0 saturated heterocycles. The van der Waals surface area contributed by atoms with E-state index in [0.717, 1.165) is 10.9 Å². The Morgan fingerprint density at radius 1 is 1.09 bits per heavy atom. The van der Waals surface area contributed by atoms with Crippen molar-refractivity contribution in [1.29, 1.82) is 0 Å². The van der Waals surface area contributed by atoms with E-state index in [2.05, 4.69) is 15.3 Å². The van der Waals surface area contributed by atoms with Gasteiger partial charge in [0.15, 0.2) is 0 Å². The summed E-state index contributed by atoms with van der Waals surface area (Å²) < 4.78 is 5.40. The molecule has 0 aliphatic heterocycles. The molecule has 5 nitrogen and oxygen atoms in total. The van der Waals surface area contributed by atoms with Crippen LogP contribution in [0.25, 0.3) is 10.9 Å². The Morgan fingerprint density at radius 2 is 1.86 bits per heavy atom. The number of amides is 1. The second-order valence-electron chi connectivity index (χ2n) is 4.62. The van der Waals surface area contributed by atoms with Crippen LogP contribution in [0, 0.1) is 0 Å². The summed E-state index contributed by atoms with van der Waals surface area (Å²) in [6, 6.07) is 12.9. The molecule has 1 amide bonds. The first kappa shape index (κ1) is 14.0. The normalized spacial score (nSPS) is 10.4. The first-order valence-electron chi connectivity index (χ1n) is 7.02. The molecule has 0 unspecified atom stereocenters. The van der Waals surface area contributed by atoms with E-state index < -0.39 is 0 Å². The van der Waals surface area contributed by atoms with Crippen molar-refractivity contribution < 1.29 is 9.53 Å². The number of benzene rings is 1. The molecular weight excluding hydrogens is 278 g/mol. The second-order valence-corrected chi connectivity index (χ2v) is 4.62. The summed E-state index contributed by atoms with van der Waals surface area (Å²) in [5, 5.41) is 3.85. The van der Waals surface area contributed by atoms with Gasteiger partial charge in [0, 0.05) is 17.8 Å². The number of para-hydroxylation sites is 1. The van der Waals surface area contributed by atoms with Gasteiger partial charge in [0.2, 0.25) is 5.88 Å². The third kappa shape index (κ3) is 2.74. The minimum Gasteiger partial charge on any atom is -0.477 e. The van der Waals surface area contributed by atoms with Gasteiger partial charge in [-0.3, -0.25) is 9.78 Å². The minimum atomic E-state index is -0.269. The number of fused-ring (bicyclic) bond motifs is 1. The van der Waals surface area contributed by atoms with Crippen molar-refractivity contribution >= 4 is 22.5 Å². The molecule has 0 radical (unpaired) electrons. The lowest BCUT2D eigenvalue weighted by Crippen LogP contribution is -2.14. The molecule has 0 fully saturated rings. The van der Waals surface area contributed by atoms with Gasteiger partial charge in [-0.25, -0.2) is 4.98 Å². The average Bonchev–Trinajstić information content (AvgIpc) is 2.56. The van der Waals surface area contributed by atoms with Gasteiger partial charge in [0.25, 0.3) is 5.91 Å². The summed E-state index contributed by atoms with van der Waals surface area (Å²) in [7, 11) is 0. The quantitative estimate of drug-likeness (QED) is 0.801. The highest BCUT2D eigenvalue weighted by Crippen LogP contribution is 2.22. The smallest absolute Gasteiger partial charge is 0.261 e. The van der Waals surface area contributed by atoms with E-state index >= 15 is 0 Å². The maximum absolute atomic E-state index is 12.5. The maximum atomic E-state index is 12.5. The lowest BCUT2D eigenvalue weighted by atomic mass is 10.2. The Hall–Kier alpha value is -2.95. The van der Waals surface area contributed by atoms with Crippen molar-refractivity contribution in [2.45, 2.75) is 6.92 Å². The SMILES string of the molecule is CCOc1ncccc1C(=O)Nc1cccc2cccnc12. The highest BCUT2D eigenvalue weighted by Gasteiger charge is 2.14. The predicted octanol–water partition coefficient (Wildman–Crippen LogP) is 3.28. The van der Waals surface area contributed by atoms with Crippen molar-refractivity contribution in [2.24, 2.45) is 0 Å². The fourth-order valence-corrected chi connectivity index (χ4v) is 2.21. The van der Waals surface area contributed by atoms with Gasteiger partial charge < -0.3 is 10.1 Å². The summed E-state index contributed by atoms with van der Waals surface area (Å²) in [6.45, 7) is 2.30. The zero-order chi connectivity index (χ0) is 15.4. The van der Waals surface area contributed by atoms with Crippen LogP contribution in [0.4, 0.5) is 5.69 Å². The predicted molar refractivity (Wildman–Crippen MR) is 85.1 cm³/mol. The van der Waals surface area contributed by atoms with Gasteiger partial charge in [0.1, 0.15) is 5.56 Å². The molecule has 110 valence electrons. The Morgan fingerprint density at radius 3 is 2.73 bits per heavy atom. The van der Waals surface area contributed by atoms with Gasteiger partial charge >= 0.3 is 0 Å². The van der Waals surface area contributed by atoms with E-state index in [0.29, 0.717) is 23.7 Å². The molecule has 2 aromatic heterocycles. The maximum Gasteiger partial charge on any atom is 0.261 e. The molecule has 0 saturated carbocycles. The monoisotopic (exact) mass is 293 g/mol. The first-order chi connectivity index (χ1) is 10.8. The van der Waals surface area contributed by atoms with Crippen LogP contribution in [0.2, 0.25) is 0 Å². The number of aromatic nitrogens is 2. The van der Waals surface area contributed by atoms with Gasteiger partial charge in [-0.2, -0.15) is 0 Å². The number of hydrogen-bond donors (Lipinski definition) is 1. The summed E-state index contributed by atoms with van der Waals surface area (Å²) in [5.41, 5.74) is 1.81. The van der Waals surface area contributed by atoms with Gasteiger partial charge in [-0.05, 0) is 31.2 Å². The molecule has 0 spiro atoms. The van der Waals surface area contributed by atoms with Crippen LogP contribution in [0.15, 0.2) is 54.9 Å². The van der Waals surface area contributed by atoms with Gasteiger partial charge in [-0.15, -0.1) is 0 Å². The van der Waals surface area contributed by atoms with E-state index in [-0.39, 0.29) is 5.91 Å². The first-order valence-corrected chi connectivity index (χ1v) is 7.02. The molecular formula is C17H15N3O2. The van der Waals surface area contributed by atoms with Crippen LogP contribution >= 0.6 is 0 Å². The van der Waals surface area contributed by atoms with Crippen LogP contribution < -0.4 is 10.1 Å². The number of rotatable bonds is 4. The summed E-state index contributed by atoms with van der Waals surface area (Å²) in [6.07, 6.45) is 3.30. The van der Waals surface area contributed by atoms with Gasteiger partial charge in [-0.1, -0.05) is 18.2 Å². The lowest BCUT2D eigenvalue weighted by Gasteiger charge is -2.10. The molecule has 0 bridgehead atoms. The third-order valence-electron chi connectivity index (χ3n) is 3.18. The number of carbonyl (C=O) groups excluding carboxylic acids is 1. The van der Waals surface area contributed by atoms with E-state index in [1.165, 1.54) is 0 Å². The molecule has 3 aromatic rings. The van der Waals surface area contributed by atoms with Crippen LogP contribution in [0.5, 0.6) is 5.88 Å². The molecule has 0 aliphatic rings. The van der Waals surface area contributed by atoms with Crippen molar-refractivity contribution in [3.63, 3.8) is 0 Å². The highest BCUT2D eigenvalue weighted by atomic mass is 16.5. The van der Waals surface area contributed by atoms with E-state index in [9.17, 15) is 4.79 Å². The average molecular weight is 293 g/mol. The van der Waals surface area contributed by atoms with Crippen LogP contribution in [-0.2, 0) is 0 Å². The summed E-state index contributed by atoms with van der Waals surface area (Å²) in [4.78, 5) is 20.9. The van der Waals surface area contributed by atoms with Crippen molar-refractivity contribution in [1.82, 2.24) is 9.97 Å². The van der Waals surface area contributed by atoms with Crippen LogP contribution in [0.1, 0.15) is 17.3 Å². The molecule has 22 heavy (non-hydrogen) atoms. The molecule has 0 atom stereocenters. The fourth-order valence-electron chi connectivity index (χ4n) is 2.21. The van der Waals surface area contributed by atoms with Gasteiger partial charge in [0.05, 0.1) is 17.8 Å². The molecule has 5 heteroatoms. The number of ether oxygens (including phenoxy) is 1. The number of nitrogens with zero attached hydrogens (tertiary/aromatic N) is 2. The Labute approximate surface area is 128 Å². The Kier molecular flexibility index (Phi) is 3.96.